The van der Waals surface area contributed by atoms with Gasteiger partial charge in [0.1, 0.15) is 11.6 Å². The first-order valence-corrected chi connectivity index (χ1v) is 10.6. The summed E-state index contributed by atoms with van der Waals surface area (Å²) in [5, 5.41) is 5.24. The topological polar surface area (TPSA) is 53.9 Å². The number of nitrogens with one attached hydrogen (secondary N) is 2. The Balaban J connectivity index is 1.52. The predicted octanol–water partition coefficient (Wildman–Crippen LogP) is 2.24. The Kier molecular flexibility index (Phi) is 4.58. The van der Waals surface area contributed by atoms with Crippen LogP contribution >= 0.6 is 11.3 Å². The molecule has 3 amide bonds. The molecule has 6 heteroatoms. The minimum atomic E-state index is -0.613. The van der Waals surface area contributed by atoms with Gasteiger partial charge < -0.3 is 10.2 Å². The molecule has 3 heterocycles. The number of carbonyl (C=O) groups is 2. The molecule has 2 N–H and O–H groups in total. The van der Waals surface area contributed by atoms with Crippen LogP contribution in [-0.4, -0.2) is 35.6 Å². The molecular weight excluding hydrogens is 334 g/mol. The summed E-state index contributed by atoms with van der Waals surface area (Å²) < 4.78 is 0. The van der Waals surface area contributed by atoms with Crippen LogP contribution in [0, 0.1) is 0 Å². The van der Waals surface area contributed by atoms with Gasteiger partial charge in [-0.25, -0.2) is 9.69 Å². The van der Waals surface area contributed by atoms with Gasteiger partial charge in [0, 0.05) is 23.3 Å². The third kappa shape index (κ3) is 2.89. The smallest absolute Gasteiger partial charge is 0.323 e. The maximum absolute atomic E-state index is 13.1. The highest BCUT2D eigenvalue weighted by Crippen LogP contribution is 2.33. The molecule has 0 aromatic carbocycles. The first kappa shape index (κ1) is 17.0. The van der Waals surface area contributed by atoms with Gasteiger partial charge >= 0.3 is 6.03 Å². The van der Waals surface area contributed by atoms with Gasteiger partial charge in [-0.05, 0) is 24.3 Å². The molecule has 1 saturated carbocycles. The molecule has 3 aliphatic rings. The summed E-state index contributed by atoms with van der Waals surface area (Å²) in [6.45, 7) is 3.70. The van der Waals surface area contributed by atoms with E-state index in [0.717, 1.165) is 45.1 Å². The molecule has 1 spiro atoms. The second kappa shape index (κ2) is 6.72. The van der Waals surface area contributed by atoms with Crippen molar-refractivity contribution in [1.29, 1.82) is 0 Å². The van der Waals surface area contributed by atoms with E-state index in [1.807, 2.05) is 11.3 Å². The Morgan fingerprint density at radius 1 is 1.28 bits per heavy atom. The van der Waals surface area contributed by atoms with Crippen LogP contribution in [0.25, 0.3) is 0 Å². The number of hydrogen-bond donors (Lipinski definition) is 2. The molecule has 0 bridgehead atoms. The predicted molar refractivity (Wildman–Crippen MR) is 97.6 cm³/mol. The zero-order valence-corrected chi connectivity index (χ0v) is 15.8. The molecule has 1 aromatic rings. The Bertz CT molecular complexity index is 663. The molecule has 0 radical (unpaired) electrons. The second-order valence-corrected chi connectivity index (χ2v) is 8.74. The van der Waals surface area contributed by atoms with Crippen molar-refractivity contribution in [3.05, 3.63) is 21.9 Å². The molecule has 4 rings (SSSR count). The van der Waals surface area contributed by atoms with Crippen molar-refractivity contribution < 1.29 is 14.5 Å². The number of urea groups is 1. The lowest BCUT2D eigenvalue weighted by Crippen LogP contribution is -3.14. The second-order valence-electron chi connectivity index (χ2n) is 7.74. The average Bonchev–Trinajstić information content (AvgIpc) is 3.07. The number of rotatable bonds is 3. The van der Waals surface area contributed by atoms with Crippen molar-refractivity contribution in [2.45, 2.75) is 69.9 Å². The van der Waals surface area contributed by atoms with Gasteiger partial charge in [0.15, 0.2) is 6.67 Å². The summed E-state index contributed by atoms with van der Waals surface area (Å²) in [5.74, 6) is 0.0258. The van der Waals surface area contributed by atoms with E-state index in [4.69, 9.17) is 0 Å². The number of carbonyl (C=O) groups excluding carboxylic acids is 2. The number of quaternary nitrogens is 1. The Hall–Kier alpha value is -1.40. The first-order valence-electron chi connectivity index (χ1n) is 9.69. The van der Waals surface area contributed by atoms with Crippen LogP contribution in [-0.2, 0) is 11.2 Å². The highest BCUT2D eigenvalue weighted by molar-refractivity contribution is 7.10. The maximum atomic E-state index is 13.1. The summed E-state index contributed by atoms with van der Waals surface area (Å²) in [6.07, 6.45) is 8.09. The van der Waals surface area contributed by atoms with Gasteiger partial charge in [0.25, 0.3) is 5.91 Å². The Labute approximate surface area is 153 Å². The number of imide groups is 1. The zero-order chi connectivity index (χ0) is 17.4. The van der Waals surface area contributed by atoms with E-state index in [9.17, 15) is 9.59 Å². The fourth-order valence-corrected chi connectivity index (χ4v) is 5.87. The first-order chi connectivity index (χ1) is 12.1. The molecule has 1 unspecified atom stereocenters. The summed E-state index contributed by atoms with van der Waals surface area (Å²) in [4.78, 5) is 30.1. The highest BCUT2D eigenvalue weighted by atomic mass is 32.1. The van der Waals surface area contributed by atoms with Crippen molar-refractivity contribution in [1.82, 2.24) is 10.2 Å². The van der Waals surface area contributed by atoms with Crippen LogP contribution in [0.2, 0.25) is 0 Å². The fraction of sp³-hybridized carbons (Fsp3) is 0.684. The van der Waals surface area contributed by atoms with E-state index in [1.54, 1.807) is 0 Å². The van der Waals surface area contributed by atoms with E-state index in [0.29, 0.717) is 12.7 Å². The average molecular weight is 363 g/mol. The third-order valence-corrected chi connectivity index (χ3v) is 7.29. The normalized spacial score (nSPS) is 28.8. The largest absolute Gasteiger partial charge is 0.329 e. The molecule has 5 nitrogen and oxygen atoms in total. The van der Waals surface area contributed by atoms with Crippen LogP contribution < -0.4 is 10.2 Å². The third-order valence-electron chi connectivity index (χ3n) is 6.29. The molecule has 1 saturated heterocycles. The molecule has 2 aliphatic heterocycles. The standard InChI is InChI=1S/C19H27N3O2S/c1-2-15-14-8-12-25-16(14)7-11-21(15)13-22-17(23)19(20-18(22)24)9-5-3-4-6-10-19/h8,12,15H,2-7,9-11,13H2,1H3,(H,20,24)/p+1/t15-/m0/s1. The van der Waals surface area contributed by atoms with E-state index in [1.165, 1.54) is 33.1 Å². The zero-order valence-electron chi connectivity index (χ0n) is 15.0. The molecule has 2 fully saturated rings. The van der Waals surface area contributed by atoms with Gasteiger partial charge in [-0.3, -0.25) is 4.79 Å². The van der Waals surface area contributed by atoms with E-state index in [-0.39, 0.29) is 11.9 Å². The maximum Gasteiger partial charge on any atom is 0.329 e. The fourth-order valence-electron chi connectivity index (χ4n) is 4.92. The quantitative estimate of drug-likeness (QED) is 0.811. The summed E-state index contributed by atoms with van der Waals surface area (Å²) in [6, 6.07) is 2.44. The van der Waals surface area contributed by atoms with Gasteiger partial charge in [0.05, 0.1) is 6.54 Å². The SMILES string of the molecule is CC[C@H]1c2ccsc2CC[NH+]1CN1C(=O)NC2(CCCCCC2)C1=O. The molecule has 2 atom stereocenters. The Morgan fingerprint density at radius 3 is 2.76 bits per heavy atom. The number of amides is 3. The number of fused-ring (bicyclic) bond motifs is 1. The molecule has 1 aromatic heterocycles. The number of nitrogens with zero attached hydrogens (tertiary/aromatic N) is 1. The van der Waals surface area contributed by atoms with Crippen LogP contribution in [0.3, 0.4) is 0 Å². The summed E-state index contributed by atoms with van der Waals surface area (Å²) in [5.41, 5.74) is 0.808. The molecule has 1 aliphatic carbocycles. The Morgan fingerprint density at radius 2 is 2.04 bits per heavy atom. The monoisotopic (exact) mass is 362 g/mol. The van der Waals surface area contributed by atoms with E-state index in [2.05, 4.69) is 23.7 Å². The van der Waals surface area contributed by atoms with E-state index < -0.39 is 5.54 Å². The van der Waals surface area contributed by atoms with Crippen LogP contribution in [0.15, 0.2) is 11.4 Å². The van der Waals surface area contributed by atoms with Crippen LogP contribution in [0.1, 0.15) is 68.4 Å². The van der Waals surface area contributed by atoms with Gasteiger partial charge in [-0.1, -0.05) is 32.6 Å². The summed E-state index contributed by atoms with van der Waals surface area (Å²) in [7, 11) is 0. The van der Waals surface area contributed by atoms with Crippen molar-refractivity contribution >= 4 is 23.3 Å². The molecule has 136 valence electrons. The van der Waals surface area contributed by atoms with Crippen molar-refractivity contribution in [2.24, 2.45) is 0 Å². The lowest BCUT2D eigenvalue weighted by Gasteiger charge is -2.34. The van der Waals surface area contributed by atoms with Crippen molar-refractivity contribution in [2.75, 3.05) is 13.2 Å². The van der Waals surface area contributed by atoms with Crippen molar-refractivity contribution in [3.63, 3.8) is 0 Å². The van der Waals surface area contributed by atoms with Crippen LogP contribution in [0.4, 0.5) is 4.79 Å². The lowest BCUT2D eigenvalue weighted by molar-refractivity contribution is -0.940. The molecule has 25 heavy (non-hydrogen) atoms. The van der Waals surface area contributed by atoms with Gasteiger partial charge in [-0.2, -0.15) is 0 Å². The minimum Gasteiger partial charge on any atom is -0.323 e. The van der Waals surface area contributed by atoms with E-state index >= 15 is 0 Å². The number of hydrogen-bond acceptors (Lipinski definition) is 3. The minimum absolute atomic E-state index is 0.0258. The summed E-state index contributed by atoms with van der Waals surface area (Å²) >= 11 is 1.84. The molecular formula is C19H28N3O2S+. The van der Waals surface area contributed by atoms with Gasteiger partial charge in [0.2, 0.25) is 0 Å². The van der Waals surface area contributed by atoms with Gasteiger partial charge in [-0.15, -0.1) is 11.3 Å². The van der Waals surface area contributed by atoms with Crippen molar-refractivity contribution in [3.8, 4) is 0 Å². The lowest BCUT2D eigenvalue weighted by atomic mass is 9.90. The highest BCUT2D eigenvalue weighted by Gasteiger charge is 2.52. The number of thiophene rings is 1. The van der Waals surface area contributed by atoms with Crippen LogP contribution in [0.5, 0.6) is 0 Å².